The van der Waals surface area contributed by atoms with Gasteiger partial charge in [-0.2, -0.15) is 5.26 Å². The third kappa shape index (κ3) is 1.03. The van der Waals surface area contributed by atoms with Gasteiger partial charge in [0.15, 0.2) is 0 Å². The van der Waals surface area contributed by atoms with Crippen LogP contribution >= 0.6 is 0 Å². The predicted octanol–water partition coefficient (Wildman–Crippen LogP) is -0.661. The quantitative estimate of drug-likeness (QED) is 0.449. The van der Waals surface area contributed by atoms with E-state index in [0.717, 1.165) is 0 Å². The monoisotopic (exact) mass is 136 g/mol. The second-order valence-corrected chi connectivity index (χ2v) is 1.82. The van der Waals surface area contributed by atoms with Crippen molar-refractivity contribution in [2.24, 2.45) is 5.92 Å². The van der Waals surface area contributed by atoms with E-state index >= 15 is 0 Å². The van der Waals surface area contributed by atoms with Crippen LogP contribution in [0.2, 0.25) is 0 Å². The Bertz CT molecular complexity index is 249. The number of nitrogens with zero attached hydrogens (tertiary/aromatic N) is 1. The SMILES string of the molecule is N#CC1C=CC(=O)NC1=O. The molecule has 4 heteroatoms. The fourth-order valence-electron chi connectivity index (χ4n) is 0.614. The molecule has 0 aliphatic carbocycles. The number of nitrogens with one attached hydrogen (secondary N) is 1. The van der Waals surface area contributed by atoms with Crippen molar-refractivity contribution < 1.29 is 9.59 Å². The van der Waals surface area contributed by atoms with Crippen molar-refractivity contribution in [2.75, 3.05) is 0 Å². The molecule has 0 spiro atoms. The van der Waals surface area contributed by atoms with Crippen molar-refractivity contribution in [3.63, 3.8) is 0 Å². The highest BCUT2D eigenvalue weighted by atomic mass is 16.2. The van der Waals surface area contributed by atoms with Gasteiger partial charge in [-0.15, -0.1) is 0 Å². The lowest BCUT2D eigenvalue weighted by molar-refractivity contribution is -0.129. The van der Waals surface area contributed by atoms with Crippen LogP contribution in [0.25, 0.3) is 0 Å². The molecule has 1 heterocycles. The number of carbonyl (C=O) groups is 2. The topological polar surface area (TPSA) is 70.0 Å². The minimum atomic E-state index is -0.808. The van der Waals surface area contributed by atoms with E-state index in [1.54, 1.807) is 6.07 Å². The predicted molar refractivity (Wildman–Crippen MR) is 31.4 cm³/mol. The molecule has 0 radical (unpaired) electrons. The zero-order valence-electron chi connectivity index (χ0n) is 5.00. The van der Waals surface area contributed by atoms with Crippen LogP contribution in [0.1, 0.15) is 0 Å². The molecule has 1 N–H and O–H groups in total. The molecule has 4 nitrogen and oxygen atoms in total. The smallest absolute Gasteiger partial charge is 0.250 e. The standard InChI is InChI=1S/C6H4N2O2/c7-3-4-1-2-5(9)8-6(4)10/h1-2,4H,(H,8,9,10). The highest BCUT2D eigenvalue weighted by molar-refractivity contribution is 6.05. The first-order chi connectivity index (χ1) is 4.74. The van der Waals surface area contributed by atoms with Crippen molar-refractivity contribution in [1.29, 1.82) is 5.26 Å². The van der Waals surface area contributed by atoms with E-state index in [0.29, 0.717) is 0 Å². The normalized spacial score (nSPS) is 23.7. The van der Waals surface area contributed by atoms with Crippen LogP contribution in [-0.2, 0) is 9.59 Å². The highest BCUT2D eigenvalue weighted by Gasteiger charge is 2.20. The van der Waals surface area contributed by atoms with E-state index in [-0.39, 0.29) is 0 Å². The molecule has 0 bridgehead atoms. The largest absolute Gasteiger partial charge is 0.291 e. The van der Waals surface area contributed by atoms with Crippen molar-refractivity contribution >= 4 is 11.8 Å². The Morgan fingerprint density at radius 1 is 1.60 bits per heavy atom. The lowest BCUT2D eigenvalue weighted by Gasteiger charge is -2.07. The van der Waals surface area contributed by atoms with E-state index in [2.05, 4.69) is 0 Å². The molecule has 0 saturated heterocycles. The van der Waals surface area contributed by atoms with Gasteiger partial charge in [0.05, 0.1) is 6.07 Å². The molecule has 0 fully saturated rings. The molecule has 1 aliphatic heterocycles. The summed E-state index contributed by atoms with van der Waals surface area (Å²) in [5.41, 5.74) is 0. The van der Waals surface area contributed by atoms with Gasteiger partial charge in [0.1, 0.15) is 5.92 Å². The number of imide groups is 1. The van der Waals surface area contributed by atoms with Crippen LogP contribution in [0.3, 0.4) is 0 Å². The number of hydrogen-bond donors (Lipinski definition) is 1. The number of carbonyl (C=O) groups excluding carboxylic acids is 2. The maximum Gasteiger partial charge on any atom is 0.250 e. The van der Waals surface area contributed by atoms with E-state index in [9.17, 15) is 9.59 Å². The van der Waals surface area contributed by atoms with Crippen LogP contribution in [0.5, 0.6) is 0 Å². The van der Waals surface area contributed by atoms with Gasteiger partial charge in [-0.25, -0.2) is 0 Å². The molecule has 0 saturated carbocycles. The Kier molecular flexibility index (Phi) is 1.50. The molecule has 0 aromatic carbocycles. The van der Waals surface area contributed by atoms with Crippen molar-refractivity contribution in [3.8, 4) is 6.07 Å². The second-order valence-electron chi connectivity index (χ2n) is 1.82. The van der Waals surface area contributed by atoms with Crippen LogP contribution in [0, 0.1) is 17.2 Å². The molecule has 2 amide bonds. The summed E-state index contributed by atoms with van der Waals surface area (Å²) >= 11 is 0. The summed E-state index contributed by atoms with van der Waals surface area (Å²) < 4.78 is 0. The van der Waals surface area contributed by atoms with Gasteiger partial charge >= 0.3 is 0 Å². The minimum absolute atomic E-state index is 0.462. The Morgan fingerprint density at radius 2 is 2.30 bits per heavy atom. The molecule has 10 heavy (non-hydrogen) atoms. The maximum atomic E-state index is 10.6. The number of amides is 2. The number of hydrogen-bond acceptors (Lipinski definition) is 3. The van der Waals surface area contributed by atoms with Gasteiger partial charge in [-0.1, -0.05) is 6.08 Å². The summed E-state index contributed by atoms with van der Waals surface area (Å²) in [5.74, 6) is -1.82. The molecule has 0 aromatic heterocycles. The summed E-state index contributed by atoms with van der Waals surface area (Å²) in [6, 6.07) is 1.72. The summed E-state index contributed by atoms with van der Waals surface area (Å²) in [7, 11) is 0. The molecule has 1 rings (SSSR count). The summed E-state index contributed by atoms with van der Waals surface area (Å²) in [6.45, 7) is 0. The van der Waals surface area contributed by atoms with Crippen molar-refractivity contribution in [2.45, 2.75) is 0 Å². The third-order valence-corrected chi connectivity index (χ3v) is 1.11. The Labute approximate surface area is 57.1 Å². The first-order valence-electron chi connectivity index (χ1n) is 2.66. The molecular weight excluding hydrogens is 132 g/mol. The van der Waals surface area contributed by atoms with Gasteiger partial charge in [0.2, 0.25) is 11.8 Å². The van der Waals surface area contributed by atoms with Gasteiger partial charge in [-0.05, 0) is 0 Å². The number of rotatable bonds is 0. The van der Waals surface area contributed by atoms with Crippen molar-refractivity contribution in [3.05, 3.63) is 12.2 Å². The molecule has 1 aliphatic rings. The lowest BCUT2D eigenvalue weighted by atomic mass is 10.1. The average Bonchev–Trinajstić information content (AvgIpc) is 1.88. The maximum absolute atomic E-state index is 10.6. The highest BCUT2D eigenvalue weighted by Crippen LogP contribution is 2.01. The fraction of sp³-hybridized carbons (Fsp3) is 0.167. The molecule has 1 unspecified atom stereocenters. The van der Waals surface area contributed by atoms with Crippen LogP contribution in [0.4, 0.5) is 0 Å². The van der Waals surface area contributed by atoms with Gasteiger partial charge in [0.25, 0.3) is 0 Å². The van der Waals surface area contributed by atoms with E-state index in [4.69, 9.17) is 5.26 Å². The van der Waals surface area contributed by atoms with Gasteiger partial charge < -0.3 is 0 Å². The molecule has 0 aromatic rings. The Morgan fingerprint density at radius 3 is 2.80 bits per heavy atom. The van der Waals surface area contributed by atoms with Crippen LogP contribution < -0.4 is 5.32 Å². The Balaban J connectivity index is 2.84. The molecule has 1 atom stereocenters. The molecular formula is C6H4N2O2. The summed E-state index contributed by atoms with van der Waals surface area (Å²) in [6.07, 6.45) is 2.45. The van der Waals surface area contributed by atoms with Crippen LogP contribution in [-0.4, -0.2) is 11.8 Å². The first kappa shape index (κ1) is 6.49. The zero-order chi connectivity index (χ0) is 7.56. The van der Waals surface area contributed by atoms with Gasteiger partial charge in [-0.3, -0.25) is 14.9 Å². The molecule has 50 valence electrons. The van der Waals surface area contributed by atoms with E-state index in [1.165, 1.54) is 12.2 Å². The zero-order valence-corrected chi connectivity index (χ0v) is 5.00. The Hall–Kier alpha value is -1.63. The summed E-state index contributed by atoms with van der Waals surface area (Å²) in [5, 5.41) is 10.3. The summed E-state index contributed by atoms with van der Waals surface area (Å²) in [4.78, 5) is 21.0. The van der Waals surface area contributed by atoms with Crippen LogP contribution in [0.15, 0.2) is 12.2 Å². The second kappa shape index (κ2) is 2.31. The first-order valence-corrected chi connectivity index (χ1v) is 2.66. The van der Waals surface area contributed by atoms with E-state index < -0.39 is 17.7 Å². The average molecular weight is 136 g/mol. The minimum Gasteiger partial charge on any atom is -0.291 e. The van der Waals surface area contributed by atoms with Crippen molar-refractivity contribution in [1.82, 2.24) is 5.32 Å². The fourth-order valence-corrected chi connectivity index (χ4v) is 0.614. The lowest BCUT2D eigenvalue weighted by Crippen LogP contribution is -2.36. The van der Waals surface area contributed by atoms with Gasteiger partial charge in [0, 0.05) is 6.08 Å². The van der Waals surface area contributed by atoms with E-state index in [1.807, 2.05) is 5.32 Å². The third-order valence-electron chi connectivity index (χ3n) is 1.11. The number of nitriles is 1.